The molecule has 0 bridgehead atoms. The lowest BCUT2D eigenvalue weighted by Gasteiger charge is -2.04. The Bertz CT molecular complexity index is 577. The van der Waals surface area contributed by atoms with Crippen molar-refractivity contribution < 1.29 is 9.59 Å². The maximum Gasteiger partial charge on any atom is 0.272 e. The second kappa shape index (κ2) is 5.81. The van der Waals surface area contributed by atoms with Gasteiger partial charge in [0.15, 0.2) is 5.69 Å². The van der Waals surface area contributed by atoms with E-state index in [0.717, 1.165) is 5.56 Å². The Labute approximate surface area is 110 Å². The predicted octanol–water partition coefficient (Wildman–Crippen LogP) is 0.699. The molecule has 2 aromatic rings. The number of carbonyl (C=O) groups is 2. The van der Waals surface area contributed by atoms with Crippen molar-refractivity contribution in [3.8, 4) is 0 Å². The van der Waals surface area contributed by atoms with Gasteiger partial charge in [0.25, 0.3) is 11.8 Å². The predicted molar refractivity (Wildman–Crippen MR) is 69.6 cm³/mol. The lowest BCUT2D eigenvalue weighted by atomic mass is 10.2. The molecule has 1 aromatic heterocycles. The maximum absolute atomic E-state index is 11.9. The van der Waals surface area contributed by atoms with Gasteiger partial charge in [-0.3, -0.25) is 9.59 Å². The van der Waals surface area contributed by atoms with Crippen molar-refractivity contribution in [3.05, 3.63) is 53.6 Å². The highest BCUT2D eigenvalue weighted by Gasteiger charge is 2.18. The van der Waals surface area contributed by atoms with Crippen LogP contribution in [-0.4, -0.2) is 28.8 Å². The molecule has 98 valence electrons. The number of aromatic nitrogens is 2. The van der Waals surface area contributed by atoms with E-state index in [2.05, 4.69) is 20.6 Å². The monoisotopic (exact) mass is 258 g/mol. The average Bonchev–Trinajstić information content (AvgIpc) is 2.94. The first-order chi connectivity index (χ1) is 9.22. The minimum Gasteiger partial charge on any atom is -0.354 e. The summed E-state index contributed by atoms with van der Waals surface area (Å²) in [5.41, 5.74) is 1.23. The number of rotatable bonds is 4. The van der Waals surface area contributed by atoms with Crippen molar-refractivity contribution >= 4 is 11.8 Å². The van der Waals surface area contributed by atoms with Gasteiger partial charge in [-0.15, -0.1) is 0 Å². The third-order valence-electron chi connectivity index (χ3n) is 2.60. The van der Waals surface area contributed by atoms with Crippen LogP contribution in [-0.2, 0) is 6.54 Å². The van der Waals surface area contributed by atoms with E-state index in [9.17, 15) is 9.59 Å². The molecule has 3 N–H and O–H groups in total. The molecule has 1 heterocycles. The van der Waals surface area contributed by atoms with Crippen LogP contribution < -0.4 is 10.6 Å². The van der Waals surface area contributed by atoms with E-state index in [1.54, 1.807) is 0 Å². The van der Waals surface area contributed by atoms with Crippen LogP contribution >= 0.6 is 0 Å². The van der Waals surface area contributed by atoms with Crippen molar-refractivity contribution in [2.45, 2.75) is 6.54 Å². The number of H-pyrrole nitrogens is 1. The standard InChI is InChI=1S/C13H14N4O2/c1-14-12(18)10-11(17-8-16-10)13(19)15-7-9-5-3-2-4-6-9/h2-6,8H,7H2,1H3,(H,14,18)(H,15,19)(H,16,17). The lowest BCUT2D eigenvalue weighted by molar-refractivity contribution is 0.0917. The molecule has 0 aliphatic rings. The summed E-state index contributed by atoms with van der Waals surface area (Å²) in [5.74, 6) is -0.758. The van der Waals surface area contributed by atoms with Crippen LogP contribution in [0, 0.1) is 0 Å². The quantitative estimate of drug-likeness (QED) is 0.754. The minimum atomic E-state index is -0.385. The van der Waals surface area contributed by atoms with Gasteiger partial charge in [-0.05, 0) is 5.56 Å². The Morgan fingerprint density at radius 2 is 1.95 bits per heavy atom. The molecular weight excluding hydrogens is 244 g/mol. The molecule has 19 heavy (non-hydrogen) atoms. The number of nitrogens with one attached hydrogen (secondary N) is 3. The molecule has 0 spiro atoms. The Hall–Kier alpha value is -2.63. The molecule has 0 saturated carbocycles. The summed E-state index contributed by atoms with van der Waals surface area (Å²) in [6.07, 6.45) is 1.32. The third-order valence-corrected chi connectivity index (χ3v) is 2.60. The SMILES string of the molecule is CNC(=O)c1[nH]cnc1C(=O)NCc1ccccc1. The number of hydrogen-bond donors (Lipinski definition) is 3. The van der Waals surface area contributed by atoms with E-state index in [0.29, 0.717) is 6.54 Å². The van der Waals surface area contributed by atoms with Crippen molar-refractivity contribution in [2.24, 2.45) is 0 Å². The molecule has 2 amide bonds. The van der Waals surface area contributed by atoms with Crippen molar-refractivity contribution in [2.75, 3.05) is 7.05 Å². The molecule has 0 radical (unpaired) electrons. The number of carbonyl (C=O) groups excluding carboxylic acids is 2. The van der Waals surface area contributed by atoms with Crippen molar-refractivity contribution in [3.63, 3.8) is 0 Å². The van der Waals surface area contributed by atoms with Gasteiger partial charge in [0.1, 0.15) is 5.69 Å². The maximum atomic E-state index is 11.9. The van der Waals surface area contributed by atoms with Gasteiger partial charge >= 0.3 is 0 Å². The van der Waals surface area contributed by atoms with E-state index in [1.807, 2.05) is 30.3 Å². The van der Waals surface area contributed by atoms with Gasteiger partial charge in [-0.2, -0.15) is 0 Å². The van der Waals surface area contributed by atoms with Gasteiger partial charge in [-0.25, -0.2) is 4.98 Å². The van der Waals surface area contributed by atoms with Gasteiger partial charge in [0.2, 0.25) is 0 Å². The summed E-state index contributed by atoms with van der Waals surface area (Å²) in [6.45, 7) is 0.389. The fourth-order valence-corrected chi connectivity index (χ4v) is 1.63. The number of imidazole rings is 1. The molecule has 0 aliphatic heterocycles. The van der Waals surface area contributed by atoms with Crippen molar-refractivity contribution in [1.82, 2.24) is 20.6 Å². The summed E-state index contributed by atoms with van der Waals surface area (Å²) >= 11 is 0. The van der Waals surface area contributed by atoms with E-state index in [1.165, 1.54) is 13.4 Å². The van der Waals surface area contributed by atoms with Crippen LogP contribution in [0.25, 0.3) is 0 Å². The highest BCUT2D eigenvalue weighted by molar-refractivity contribution is 6.04. The number of nitrogens with zero attached hydrogens (tertiary/aromatic N) is 1. The summed E-state index contributed by atoms with van der Waals surface area (Å²) < 4.78 is 0. The van der Waals surface area contributed by atoms with E-state index < -0.39 is 0 Å². The highest BCUT2D eigenvalue weighted by Crippen LogP contribution is 2.04. The van der Waals surface area contributed by atoms with Gasteiger partial charge in [0, 0.05) is 13.6 Å². The topological polar surface area (TPSA) is 86.9 Å². The van der Waals surface area contributed by atoms with Gasteiger partial charge in [-0.1, -0.05) is 30.3 Å². The fraction of sp³-hybridized carbons (Fsp3) is 0.154. The largest absolute Gasteiger partial charge is 0.354 e. The molecule has 6 heteroatoms. The van der Waals surface area contributed by atoms with Crippen LogP contribution in [0.4, 0.5) is 0 Å². The molecule has 0 saturated heterocycles. The third kappa shape index (κ3) is 2.98. The fourth-order valence-electron chi connectivity index (χ4n) is 1.63. The Balaban J connectivity index is 2.05. The van der Waals surface area contributed by atoms with Gasteiger partial charge < -0.3 is 15.6 Å². The first kappa shape index (κ1) is 12.8. The molecule has 0 aliphatic carbocycles. The Morgan fingerprint density at radius 1 is 1.21 bits per heavy atom. The second-order valence-corrected chi connectivity index (χ2v) is 3.87. The molecule has 1 aromatic carbocycles. The number of hydrogen-bond acceptors (Lipinski definition) is 3. The second-order valence-electron chi connectivity index (χ2n) is 3.87. The first-order valence-electron chi connectivity index (χ1n) is 5.80. The molecule has 0 unspecified atom stereocenters. The zero-order chi connectivity index (χ0) is 13.7. The summed E-state index contributed by atoms with van der Waals surface area (Å²) in [4.78, 5) is 30.0. The summed E-state index contributed by atoms with van der Waals surface area (Å²) in [7, 11) is 1.49. The first-order valence-corrected chi connectivity index (χ1v) is 5.80. The average molecular weight is 258 g/mol. The molecule has 0 atom stereocenters. The van der Waals surface area contributed by atoms with Crippen LogP contribution in [0.15, 0.2) is 36.7 Å². The Kier molecular flexibility index (Phi) is 3.92. The normalized spacial score (nSPS) is 9.95. The number of benzene rings is 1. The zero-order valence-corrected chi connectivity index (χ0v) is 10.4. The Morgan fingerprint density at radius 3 is 2.63 bits per heavy atom. The summed E-state index contributed by atoms with van der Waals surface area (Å²) in [6, 6.07) is 9.51. The molecular formula is C13H14N4O2. The highest BCUT2D eigenvalue weighted by atomic mass is 16.2. The molecule has 0 fully saturated rings. The summed E-state index contributed by atoms with van der Waals surface area (Å²) in [5, 5.41) is 5.17. The smallest absolute Gasteiger partial charge is 0.272 e. The van der Waals surface area contributed by atoms with Crippen LogP contribution in [0.3, 0.4) is 0 Å². The molecule has 6 nitrogen and oxygen atoms in total. The van der Waals surface area contributed by atoms with Crippen LogP contribution in [0.5, 0.6) is 0 Å². The van der Waals surface area contributed by atoms with E-state index in [4.69, 9.17) is 0 Å². The van der Waals surface area contributed by atoms with E-state index in [-0.39, 0.29) is 23.2 Å². The van der Waals surface area contributed by atoms with E-state index >= 15 is 0 Å². The molecule has 2 rings (SSSR count). The van der Waals surface area contributed by atoms with Gasteiger partial charge in [0.05, 0.1) is 6.33 Å². The minimum absolute atomic E-state index is 0.0929. The number of aromatic amines is 1. The van der Waals surface area contributed by atoms with Crippen LogP contribution in [0.2, 0.25) is 0 Å². The lowest BCUT2D eigenvalue weighted by Crippen LogP contribution is -2.27. The van der Waals surface area contributed by atoms with Crippen LogP contribution in [0.1, 0.15) is 26.5 Å². The number of amides is 2. The zero-order valence-electron chi connectivity index (χ0n) is 10.4. The van der Waals surface area contributed by atoms with Crippen molar-refractivity contribution in [1.29, 1.82) is 0 Å².